The van der Waals surface area contributed by atoms with E-state index in [2.05, 4.69) is 34.6 Å². The minimum atomic E-state index is -3.79. The number of nitrogens with two attached hydrogens (primary N) is 1. The summed E-state index contributed by atoms with van der Waals surface area (Å²) in [5, 5.41) is 8.67. The number of sulfonamides is 1. The van der Waals surface area contributed by atoms with Gasteiger partial charge in [-0.3, -0.25) is 0 Å². The third-order valence-corrected chi connectivity index (χ3v) is 5.85. The Bertz CT molecular complexity index is 996. The molecule has 5 nitrogen and oxygen atoms in total. The van der Waals surface area contributed by atoms with Crippen LogP contribution in [0.25, 0.3) is 0 Å². The molecule has 3 aromatic rings. The Morgan fingerprint density at radius 3 is 2.08 bits per heavy atom. The lowest BCUT2D eigenvalue weighted by molar-refractivity contribution is 0.520. The highest BCUT2D eigenvalue weighted by Gasteiger charge is 2.38. The number of benzene rings is 2. The number of rotatable bonds is 3. The number of hydrogen-bond acceptors (Lipinski definition) is 4. The van der Waals surface area contributed by atoms with Crippen LogP contribution in [0.5, 0.6) is 0 Å². The predicted molar refractivity (Wildman–Crippen MR) is 101 cm³/mol. The summed E-state index contributed by atoms with van der Waals surface area (Å²) in [6.07, 6.45) is 1.94. The first-order chi connectivity index (χ1) is 12.5. The molecule has 2 aromatic carbocycles. The van der Waals surface area contributed by atoms with E-state index in [-0.39, 0.29) is 10.3 Å². The molecule has 4 rings (SSSR count). The number of primary sulfonamides is 1. The van der Waals surface area contributed by atoms with Crippen LogP contribution in [0.3, 0.4) is 0 Å². The van der Waals surface area contributed by atoms with Gasteiger partial charge in [0.05, 0.1) is 0 Å². The maximum atomic E-state index is 11.7. The van der Waals surface area contributed by atoms with Crippen LogP contribution in [-0.4, -0.2) is 19.9 Å². The van der Waals surface area contributed by atoms with E-state index in [9.17, 15) is 8.42 Å². The first-order valence-corrected chi connectivity index (χ1v) is 9.90. The zero-order valence-electron chi connectivity index (χ0n) is 14.1. The Morgan fingerprint density at radius 2 is 1.54 bits per heavy atom. The SMILES string of the molecule is NS(=O)(=O)c1cnc2c(c1)CC(c1ccccc1)(c1ccccc1)CN2. The molecule has 0 atom stereocenters. The van der Waals surface area contributed by atoms with Crippen molar-refractivity contribution in [3.05, 3.63) is 89.6 Å². The van der Waals surface area contributed by atoms with Crippen LogP contribution >= 0.6 is 0 Å². The number of nitrogens with one attached hydrogen (secondary N) is 1. The standard InChI is InChI=1S/C20H19N3O2S/c21-26(24,25)18-11-15-12-20(14-23-19(15)22-13-18,16-7-3-1-4-8-16)17-9-5-2-6-10-17/h1-11,13H,12,14H2,(H,22,23)(H2,21,24,25). The molecule has 1 aliphatic rings. The molecule has 0 aliphatic carbocycles. The maximum Gasteiger partial charge on any atom is 0.239 e. The number of fused-ring (bicyclic) bond motifs is 1. The van der Waals surface area contributed by atoms with Crippen LogP contribution in [0.2, 0.25) is 0 Å². The van der Waals surface area contributed by atoms with Crippen molar-refractivity contribution in [2.45, 2.75) is 16.7 Å². The highest BCUT2D eigenvalue weighted by molar-refractivity contribution is 7.89. The monoisotopic (exact) mass is 365 g/mol. The molecule has 0 saturated heterocycles. The second-order valence-electron chi connectivity index (χ2n) is 6.57. The highest BCUT2D eigenvalue weighted by atomic mass is 32.2. The van der Waals surface area contributed by atoms with Gasteiger partial charge >= 0.3 is 0 Å². The molecule has 0 spiro atoms. The molecule has 6 heteroatoms. The fourth-order valence-electron chi connectivity index (χ4n) is 3.65. The van der Waals surface area contributed by atoms with Crippen molar-refractivity contribution in [1.29, 1.82) is 0 Å². The second kappa shape index (κ2) is 6.23. The van der Waals surface area contributed by atoms with Crippen molar-refractivity contribution in [3.63, 3.8) is 0 Å². The van der Waals surface area contributed by atoms with E-state index < -0.39 is 10.0 Å². The lowest BCUT2D eigenvalue weighted by Gasteiger charge is -2.39. The Balaban J connectivity index is 1.88. The molecule has 26 heavy (non-hydrogen) atoms. The summed E-state index contributed by atoms with van der Waals surface area (Å²) in [5.41, 5.74) is 2.87. The molecule has 0 amide bonds. The van der Waals surface area contributed by atoms with Crippen LogP contribution < -0.4 is 10.5 Å². The largest absolute Gasteiger partial charge is 0.369 e. The normalized spacial score (nSPS) is 15.7. The van der Waals surface area contributed by atoms with Crippen molar-refractivity contribution in [2.75, 3.05) is 11.9 Å². The molecular formula is C20H19N3O2S. The quantitative estimate of drug-likeness (QED) is 0.747. The molecule has 1 aliphatic heterocycles. The van der Waals surface area contributed by atoms with E-state index in [0.717, 1.165) is 5.56 Å². The first kappa shape index (κ1) is 16.8. The molecule has 0 unspecified atom stereocenters. The van der Waals surface area contributed by atoms with E-state index in [1.54, 1.807) is 6.07 Å². The van der Waals surface area contributed by atoms with E-state index in [4.69, 9.17) is 5.14 Å². The minimum absolute atomic E-state index is 0.0370. The van der Waals surface area contributed by atoms with E-state index in [0.29, 0.717) is 18.8 Å². The summed E-state index contributed by atoms with van der Waals surface area (Å²) in [6, 6.07) is 22.1. The average Bonchev–Trinajstić information content (AvgIpc) is 2.68. The molecule has 132 valence electrons. The van der Waals surface area contributed by atoms with Gasteiger partial charge in [-0.15, -0.1) is 0 Å². The van der Waals surface area contributed by atoms with Crippen LogP contribution in [-0.2, 0) is 21.9 Å². The zero-order valence-corrected chi connectivity index (χ0v) is 14.9. The van der Waals surface area contributed by atoms with Crippen LogP contribution in [0.1, 0.15) is 16.7 Å². The average molecular weight is 365 g/mol. The maximum absolute atomic E-state index is 11.7. The Labute approximate surface area is 153 Å². The van der Waals surface area contributed by atoms with E-state index >= 15 is 0 Å². The summed E-state index contributed by atoms with van der Waals surface area (Å²) in [4.78, 5) is 4.31. The number of hydrogen-bond donors (Lipinski definition) is 2. The minimum Gasteiger partial charge on any atom is -0.369 e. The molecule has 0 bridgehead atoms. The second-order valence-corrected chi connectivity index (χ2v) is 8.13. The fraction of sp³-hybridized carbons (Fsp3) is 0.150. The molecule has 2 heterocycles. The van der Waals surface area contributed by atoms with Crippen molar-refractivity contribution in [3.8, 4) is 0 Å². The van der Waals surface area contributed by atoms with Gasteiger partial charge < -0.3 is 5.32 Å². The molecule has 0 saturated carbocycles. The van der Waals surface area contributed by atoms with Gasteiger partial charge in [0.1, 0.15) is 10.7 Å². The summed E-state index contributed by atoms with van der Waals surface area (Å²) >= 11 is 0. The lowest BCUT2D eigenvalue weighted by atomic mass is 9.69. The van der Waals surface area contributed by atoms with Gasteiger partial charge in [0, 0.05) is 18.2 Å². The Kier molecular flexibility index (Phi) is 4.01. The van der Waals surface area contributed by atoms with Crippen molar-refractivity contribution >= 4 is 15.8 Å². The topological polar surface area (TPSA) is 85.1 Å². The summed E-state index contributed by atoms with van der Waals surface area (Å²) in [5.74, 6) is 0.708. The highest BCUT2D eigenvalue weighted by Crippen LogP contribution is 2.40. The number of pyridine rings is 1. The first-order valence-electron chi connectivity index (χ1n) is 8.36. The van der Waals surface area contributed by atoms with Crippen molar-refractivity contribution in [2.24, 2.45) is 5.14 Å². The van der Waals surface area contributed by atoms with Gasteiger partial charge in [-0.1, -0.05) is 60.7 Å². The van der Waals surface area contributed by atoms with Gasteiger partial charge in [-0.2, -0.15) is 0 Å². The Morgan fingerprint density at radius 1 is 0.962 bits per heavy atom. The van der Waals surface area contributed by atoms with E-state index in [1.165, 1.54) is 17.3 Å². The molecule has 0 fully saturated rings. The van der Waals surface area contributed by atoms with Gasteiger partial charge in [0.15, 0.2) is 0 Å². The summed E-state index contributed by atoms with van der Waals surface area (Å²) < 4.78 is 23.5. The van der Waals surface area contributed by atoms with Crippen LogP contribution in [0.4, 0.5) is 5.82 Å². The van der Waals surface area contributed by atoms with E-state index in [1.807, 2.05) is 36.4 Å². The van der Waals surface area contributed by atoms with Crippen molar-refractivity contribution < 1.29 is 8.42 Å². The molecular weight excluding hydrogens is 346 g/mol. The van der Waals surface area contributed by atoms with Gasteiger partial charge in [-0.25, -0.2) is 18.5 Å². The smallest absolute Gasteiger partial charge is 0.239 e. The third kappa shape index (κ3) is 2.87. The lowest BCUT2D eigenvalue weighted by Crippen LogP contribution is -2.41. The third-order valence-electron chi connectivity index (χ3n) is 4.97. The van der Waals surface area contributed by atoms with Gasteiger partial charge in [0.2, 0.25) is 10.0 Å². The summed E-state index contributed by atoms with van der Waals surface area (Å²) in [7, 11) is -3.79. The van der Waals surface area contributed by atoms with Crippen LogP contribution in [0.15, 0.2) is 77.8 Å². The molecule has 1 aromatic heterocycles. The van der Waals surface area contributed by atoms with Gasteiger partial charge in [0.25, 0.3) is 0 Å². The summed E-state index contributed by atoms with van der Waals surface area (Å²) in [6.45, 7) is 0.676. The molecule has 3 N–H and O–H groups in total. The Hall–Kier alpha value is -2.70. The number of anilines is 1. The number of nitrogens with zero attached hydrogens (tertiary/aromatic N) is 1. The predicted octanol–water partition coefficient (Wildman–Crippen LogP) is 2.68. The van der Waals surface area contributed by atoms with Crippen molar-refractivity contribution in [1.82, 2.24) is 4.98 Å². The van der Waals surface area contributed by atoms with Gasteiger partial charge in [-0.05, 0) is 29.2 Å². The fourth-order valence-corrected chi connectivity index (χ4v) is 4.16. The van der Waals surface area contributed by atoms with Crippen LogP contribution in [0, 0.1) is 0 Å². The zero-order chi connectivity index (χ0) is 18.2. The number of aromatic nitrogens is 1. The molecule has 0 radical (unpaired) electrons.